The molecular weight excluding hydrogens is 414 g/mol. The summed E-state index contributed by atoms with van der Waals surface area (Å²) in [5.74, 6) is -0.771. The molecule has 0 radical (unpaired) electrons. The summed E-state index contributed by atoms with van der Waals surface area (Å²) in [6.45, 7) is 4.53. The molecule has 168 valence electrons. The number of hydrogen-bond acceptors (Lipinski definition) is 0. The number of hydrogen-bond donors (Lipinski definition) is 0. The summed E-state index contributed by atoms with van der Waals surface area (Å²) in [6.07, 6.45) is 6.37. The Labute approximate surface area is 192 Å². The van der Waals surface area contributed by atoms with Gasteiger partial charge in [-0.25, -0.2) is 8.78 Å². The normalized spacial score (nSPS) is 20.9. The predicted molar refractivity (Wildman–Crippen MR) is 134 cm³/mol. The van der Waals surface area contributed by atoms with Gasteiger partial charge in [0.1, 0.15) is 0 Å². The molecule has 0 aliphatic carbocycles. The summed E-state index contributed by atoms with van der Waals surface area (Å²) in [7, 11) is -1.34. The molecule has 0 aromatic heterocycles. The minimum atomic E-state index is -1.34. The van der Waals surface area contributed by atoms with Crippen LogP contribution in [0.5, 0.6) is 0 Å². The Bertz CT molecular complexity index is 1020. The van der Waals surface area contributed by atoms with Crippen molar-refractivity contribution in [2.45, 2.75) is 64.1 Å². The van der Waals surface area contributed by atoms with Crippen molar-refractivity contribution in [3.8, 4) is 11.1 Å². The van der Waals surface area contributed by atoms with E-state index in [1.54, 1.807) is 11.3 Å². The minimum Gasteiger partial charge on any atom is -0.204 e. The van der Waals surface area contributed by atoms with Gasteiger partial charge in [0.2, 0.25) is 0 Å². The van der Waals surface area contributed by atoms with E-state index in [4.69, 9.17) is 0 Å². The SMILES string of the molecule is CCC[Si]1(c2ccc(C)cc2)CCC(CCc2ccc(-c3ccc(F)c(F)c3)cc2)CC1. The Balaban J connectivity index is 1.34. The fourth-order valence-corrected chi connectivity index (χ4v) is 10.9. The summed E-state index contributed by atoms with van der Waals surface area (Å²) in [4.78, 5) is 0. The largest absolute Gasteiger partial charge is 0.204 e. The molecule has 0 unspecified atom stereocenters. The molecular formula is C29H34F2Si. The lowest BCUT2D eigenvalue weighted by molar-refractivity contribution is 0.434. The Hall–Kier alpha value is -2.26. The van der Waals surface area contributed by atoms with Gasteiger partial charge in [0, 0.05) is 0 Å². The molecule has 1 aliphatic heterocycles. The minimum absolute atomic E-state index is 0.719. The van der Waals surface area contributed by atoms with Crippen molar-refractivity contribution in [3.63, 3.8) is 0 Å². The van der Waals surface area contributed by atoms with Crippen molar-refractivity contribution in [2.24, 2.45) is 5.92 Å². The van der Waals surface area contributed by atoms with Crippen LogP contribution in [-0.4, -0.2) is 8.07 Å². The first-order chi connectivity index (χ1) is 15.5. The maximum absolute atomic E-state index is 13.5. The molecule has 3 heteroatoms. The summed E-state index contributed by atoms with van der Waals surface area (Å²) in [5, 5.41) is 1.68. The third-order valence-electron chi connectivity index (χ3n) is 7.50. The Morgan fingerprint density at radius 2 is 1.47 bits per heavy atom. The fourth-order valence-electron chi connectivity index (χ4n) is 5.50. The van der Waals surface area contributed by atoms with E-state index >= 15 is 0 Å². The average Bonchev–Trinajstić information content (AvgIpc) is 2.81. The van der Waals surface area contributed by atoms with Crippen LogP contribution in [-0.2, 0) is 6.42 Å². The van der Waals surface area contributed by atoms with Crippen molar-refractivity contribution in [1.82, 2.24) is 0 Å². The monoisotopic (exact) mass is 448 g/mol. The van der Waals surface area contributed by atoms with Gasteiger partial charge in [-0.1, -0.05) is 110 Å². The van der Waals surface area contributed by atoms with Crippen LogP contribution in [0.15, 0.2) is 66.7 Å². The molecule has 3 aromatic rings. The van der Waals surface area contributed by atoms with Gasteiger partial charge >= 0.3 is 0 Å². The van der Waals surface area contributed by atoms with Gasteiger partial charge < -0.3 is 0 Å². The molecule has 1 fully saturated rings. The van der Waals surface area contributed by atoms with Gasteiger partial charge in [0.25, 0.3) is 0 Å². The number of benzene rings is 3. The number of rotatable bonds is 7. The van der Waals surface area contributed by atoms with Gasteiger partial charge in [-0.3, -0.25) is 0 Å². The average molecular weight is 449 g/mol. The quantitative estimate of drug-likeness (QED) is 0.321. The van der Waals surface area contributed by atoms with E-state index in [0.29, 0.717) is 0 Å². The maximum atomic E-state index is 13.5. The highest BCUT2D eigenvalue weighted by molar-refractivity contribution is 6.92. The van der Waals surface area contributed by atoms with Crippen molar-refractivity contribution < 1.29 is 8.78 Å². The fraction of sp³-hybridized carbons (Fsp3) is 0.379. The Morgan fingerprint density at radius 1 is 0.812 bits per heavy atom. The lowest BCUT2D eigenvalue weighted by Gasteiger charge is -2.39. The van der Waals surface area contributed by atoms with Crippen LogP contribution in [0.3, 0.4) is 0 Å². The van der Waals surface area contributed by atoms with E-state index < -0.39 is 19.7 Å². The molecule has 0 amide bonds. The molecule has 0 nitrogen and oxygen atoms in total. The molecule has 1 saturated heterocycles. The first kappa shape index (κ1) is 22.9. The topological polar surface area (TPSA) is 0 Å². The van der Waals surface area contributed by atoms with E-state index in [-0.39, 0.29) is 0 Å². The van der Waals surface area contributed by atoms with Gasteiger partial charge in [0.05, 0.1) is 8.07 Å². The summed E-state index contributed by atoms with van der Waals surface area (Å²) in [5.41, 5.74) is 4.34. The molecule has 4 rings (SSSR count). The summed E-state index contributed by atoms with van der Waals surface area (Å²) >= 11 is 0. The van der Waals surface area contributed by atoms with Gasteiger partial charge in [-0.2, -0.15) is 0 Å². The van der Waals surface area contributed by atoms with Crippen molar-refractivity contribution in [1.29, 1.82) is 0 Å². The first-order valence-electron chi connectivity index (χ1n) is 12.1. The molecule has 0 atom stereocenters. The molecule has 0 N–H and O–H groups in total. The second-order valence-corrected chi connectivity index (χ2v) is 14.3. The number of aryl methyl sites for hydroxylation is 2. The molecule has 3 aromatic carbocycles. The van der Waals surface area contributed by atoms with Crippen molar-refractivity contribution in [3.05, 3.63) is 89.5 Å². The molecule has 0 saturated carbocycles. The number of halogens is 2. The molecule has 0 spiro atoms. The maximum Gasteiger partial charge on any atom is 0.159 e. The highest BCUT2D eigenvalue weighted by atomic mass is 28.3. The van der Waals surface area contributed by atoms with E-state index in [1.807, 2.05) is 12.1 Å². The zero-order chi connectivity index (χ0) is 22.6. The van der Waals surface area contributed by atoms with Crippen LogP contribution in [0.25, 0.3) is 11.1 Å². The second kappa shape index (κ2) is 10.1. The molecule has 1 aliphatic rings. The summed E-state index contributed by atoms with van der Waals surface area (Å²) < 4.78 is 26.7. The first-order valence-corrected chi connectivity index (χ1v) is 14.7. The Morgan fingerprint density at radius 3 is 2.09 bits per heavy atom. The van der Waals surface area contributed by atoms with Crippen LogP contribution in [0.1, 0.15) is 43.7 Å². The van der Waals surface area contributed by atoms with E-state index in [9.17, 15) is 8.78 Å². The molecule has 0 bridgehead atoms. The van der Waals surface area contributed by atoms with Gasteiger partial charge in [-0.15, -0.1) is 0 Å². The Kier molecular flexibility index (Phi) is 7.25. The van der Waals surface area contributed by atoms with Gasteiger partial charge in [0.15, 0.2) is 11.6 Å². The highest BCUT2D eigenvalue weighted by Crippen LogP contribution is 2.37. The van der Waals surface area contributed by atoms with Crippen molar-refractivity contribution in [2.75, 3.05) is 0 Å². The predicted octanol–water partition coefficient (Wildman–Crippen LogP) is 8.05. The van der Waals surface area contributed by atoms with E-state index in [0.717, 1.165) is 23.5 Å². The highest BCUT2D eigenvalue weighted by Gasteiger charge is 2.37. The second-order valence-electron chi connectivity index (χ2n) is 9.70. The van der Waals surface area contributed by atoms with E-state index in [1.165, 1.54) is 67.1 Å². The molecule has 32 heavy (non-hydrogen) atoms. The molecule has 1 heterocycles. The lowest BCUT2D eigenvalue weighted by atomic mass is 9.93. The zero-order valence-corrected chi connectivity index (χ0v) is 20.3. The smallest absolute Gasteiger partial charge is 0.159 e. The van der Waals surface area contributed by atoms with Crippen molar-refractivity contribution >= 4 is 13.3 Å². The standard InChI is InChI=1S/C29H34F2Si/c1-3-18-32(27-13-4-22(2)5-14-27)19-16-24(17-20-32)7-6-23-8-10-25(11-9-23)26-12-15-28(30)29(31)21-26/h4-5,8-15,21,24H,3,6-7,16-20H2,1-2H3. The van der Waals surface area contributed by atoms with E-state index in [2.05, 4.69) is 50.2 Å². The lowest BCUT2D eigenvalue weighted by Crippen LogP contribution is -2.49. The summed E-state index contributed by atoms with van der Waals surface area (Å²) in [6, 6.07) is 26.2. The third kappa shape index (κ3) is 5.20. The van der Waals surface area contributed by atoms with Crippen LogP contribution >= 0.6 is 0 Å². The van der Waals surface area contributed by atoms with Crippen LogP contribution in [0.4, 0.5) is 8.78 Å². The third-order valence-corrected chi connectivity index (χ3v) is 13.0. The van der Waals surface area contributed by atoms with Crippen LogP contribution in [0, 0.1) is 24.5 Å². The van der Waals surface area contributed by atoms with Crippen LogP contribution < -0.4 is 5.19 Å². The van der Waals surface area contributed by atoms with Crippen LogP contribution in [0.2, 0.25) is 18.1 Å². The van der Waals surface area contributed by atoms with Gasteiger partial charge in [-0.05, 0) is 54.5 Å². The zero-order valence-electron chi connectivity index (χ0n) is 19.3.